The number of thiocarbonyl (C=S) groups is 1. The lowest BCUT2D eigenvalue weighted by atomic mass is 10.0. The average molecular weight is 232 g/mol. The van der Waals surface area contributed by atoms with Crippen LogP contribution >= 0.6 is 12.2 Å². The van der Waals surface area contributed by atoms with Crippen molar-refractivity contribution >= 4 is 17.3 Å². The van der Waals surface area contributed by atoms with Crippen LogP contribution in [0.15, 0.2) is 0 Å². The molecule has 0 aromatic heterocycles. The van der Waals surface area contributed by atoms with Gasteiger partial charge in [0, 0.05) is 26.7 Å². The molecule has 0 radical (unpaired) electrons. The molecule has 0 rings (SSSR count). The van der Waals surface area contributed by atoms with Gasteiger partial charge >= 0.3 is 0 Å². The van der Waals surface area contributed by atoms with E-state index in [9.17, 15) is 0 Å². The summed E-state index contributed by atoms with van der Waals surface area (Å²) in [5.41, 5.74) is 0. The predicted octanol–water partition coefficient (Wildman–Crippen LogP) is 1.87. The molecule has 0 fully saturated rings. The maximum absolute atomic E-state index is 5.28. The molecule has 0 amide bonds. The van der Waals surface area contributed by atoms with Crippen LogP contribution in [0.25, 0.3) is 0 Å². The Morgan fingerprint density at radius 2 is 2.00 bits per heavy atom. The summed E-state index contributed by atoms with van der Waals surface area (Å²) < 4.78 is 4.96. The van der Waals surface area contributed by atoms with E-state index in [0.29, 0.717) is 18.6 Å². The minimum Gasteiger partial charge on any atom is -0.383 e. The van der Waals surface area contributed by atoms with Gasteiger partial charge in [0.25, 0.3) is 0 Å². The van der Waals surface area contributed by atoms with Crippen molar-refractivity contribution in [2.24, 2.45) is 5.92 Å². The molecule has 1 N–H and O–H groups in total. The summed E-state index contributed by atoms with van der Waals surface area (Å²) in [6, 6.07) is 0.479. The van der Waals surface area contributed by atoms with E-state index in [2.05, 4.69) is 31.0 Å². The first-order valence-corrected chi connectivity index (χ1v) is 5.89. The van der Waals surface area contributed by atoms with Crippen LogP contribution in [0.4, 0.5) is 0 Å². The molecule has 1 atom stereocenters. The van der Waals surface area contributed by atoms with Gasteiger partial charge in [-0.25, -0.2) is 0 Å². The summed E-state index contributed by atoms with van der Waals surface area (Å²) in [5.74, 6) is 0.698. The maximum Gasteiger partial charge on any atom is 0.168 e. The zero-order valence-electron chi connectivity index (χ0n) is 10.5. The maximum atomic E-state index is 5.28. The Kier molecular flexibility index (Phi) is 7.70. The monoisotopic (exact) mass is 232 g/mol. The number of hydrogen-bond donors (Lipinski definition) is 1. The van der Waals surface area contributed by atoms with Crippen LogP contribution in [0.2, 0.25) is 0 Å². The minimum absolute atomic E-state index is 0.479. The third-order valence-electron chi connectivity index (χ3n) is 2.38. The fourth-order valence-electron chi connectivity index (χ4n) is 1.43. The molecule has 0 saturated carbocycles. The third kappa shape index (κ3) is 6.68. The van der Waals surface area contributed by atoms with Crippen molar-refractivity contribution in [3.05, 3.63) is 0 Å². The number of ether oxygens (including phenoxy) is 1. The van der Waals surface area contributed by atoms with Crippen molar-refractivity contribution in [2.75, 3.05) is 27.3 Å². The Bertz CT molecular complexity index is 185. The Morgan fingerprint density at radius 1 is 1.40 bits per heavy atom. The van der Waals surface area contributed by atoms with Crippen molar-refractivity contribution in [1.82, 2.24) is 10.2 Å². The fraction of sp³-hybridized carbons (Fsp3) is 0.909. The summed E-state index contributed by atoms with van der Waals surface area (Å²) >= 11 is 5.28. The predicted molar refractivity (Wildman–Crippen MR) is 69.2 cm³/mol. The lowest BCUT2D eigenvalue weighted by Crippen LogP contribution is -2.43. The van der Waals surface area contributed by atoms with E-state index >= 15 is 0 Å². The molecule has 3 nitrogen and oxygen atoms in total. The summed E-state index contributed by atoms with van der Waals surface area (Å²) in [6.07, 6.45) is 1.16. The van der Waals surface area contributed by atoms with Gasteiger partial charge in [-0.15, -0.1) is 0 Å². The second-order valence-corrected chi connectivity index (χ2v) is 4.70. The molecule has 0 aromatic carbocycles. The van der Waals surface area contributed by atoms with E-state index < -0.39 is 0 Å². The quantitative estimate of drug-likeness (QED) is 0.558. The van der Waals surface area contributed by atoms with Gasteiger partial charge in [-0.3, -0.25) is 0 Å². The van der Waals surface area contributed by atoms with Gasteiger partial charge in [0.1, 0.15) is 0 Å². The molecule has 0 heterocycles. The third-order valence-corrected chi connectivity index (χ3v) is 2.81. The van der Waals surface area contributed by atoms with Crippen LogP contribution < -0.4 is 5.32 Å². The average Bonchev–Trinajstić information content (AvgIpc) is 2.15. The summed E-state index contributed by atoms with van der Waals surface area (Å²) in [6.45, 7) is 8.11. The first kappa shape index (κ1) is 14.6. The van der Waals surface area contributed by atoms with Crippen molar-refractivity contribution in [2.45, 2.75) is 33.2 Å². The lowest BCUT2D eigenvalue weighted by molar-refractivity contribution is 0.202. The zero-order chi connectivity index (χ0) is 11.8. The van der Waals surface area contributed by atoms with Crippen LogP contribution in [0, 0.1) is 5.92 Å². The van der Waals surface area contributed by atoms with E-state index in [1.807, 2.05) is 7.05 Å². The molecule has 15 heavy (non-hydrogen) atoms. The lowest BCUT2D eigenvalue weighted by Gasteiger charge is -2.28. The molecular weight excluding hydrogens is 208 g/mol. The molecule has 0 bridgehead atoms. The van der Waals surface area contributed by atoms with E-state index in [0.717, 1.165) is 18.1 Å². The SMILES string of the molecule is COCCNC(=S)N(C)C(C)CC(C)C. The smallest absolute Gasteiger partial charge is 0.168 e. The number of nitrogens with zero attached hydrogens (tertiary/aromatic N) is 1. The standard InChI is InChI=1S/C11H24N2OS/c1-9(2)8-10(3)13(4)11(15)12-6-7-14-5/h9-10H,6-8H2,1-5H3,(H,12,15). The highest BCUT2D eigenvalue weighted by atomic mass is 32.1. The summed E-state index contributed by atoms with van der Waals surface area (Å²) in [4.78, 5) is 2.12. The fourth-order valence-corrected chi connectivity index (χ4v) is 1.71. The highest BCUT2D eigenvalue weighted by Gasteiger charge is 2.13. The molecular formula is C11H24N2OS. The summed E-state index contributed by atoms with van der Waals surface area (Å²) in [7, 11) is 3.73. The van der Waals surface area contributed by atoms with Crippen LogP contribution in [-0.4, -0.2) is 43.4 Å². The van der Waals surface area contributed by atoms with Gasteiger partial charge in [0.2, 0.25) is 0 Å². The molecule has 90 valence electrons. The first-order chi connectivity index (χ1) is 6.99. The Labute approximate surface area is 99.2 Å². The van der Waals surface area contributed by atoms with Gasteiger partial charge in [-0.2, -0.15) is 0 Å². The molecule has 0 aliphatic heterocycles. The van der Waals surface area contributed by atoms with E-state index in [4.69, 9.17) is 17.0 Å². The zero-order valence-corrected chi connectivity index (χ0v) is 11.4. The molecule has 0 aromatic rings. The van der Waals surface area contributed by atoms with Crippen LogP contribution in [0.5, 0.6) is 0 Å². The minimum atomic E-state index is 0.479. The second kappa shape index (κ2) is 7.88. The van der Waals surface area contributed by atoms with Crippen LogP contribution in [-0.2, 0) is 4.74 Å². The molecule has 0 aliphatic rings. The normalized spacial score (nSPS) is 12.7. The van der Waals surface area contributed by atoms with Gasteiger partial charge in [-0.1, -0.05) is 13.8 Å². The number of hydrogen-bond acceptors (Lipinski definition) is 2. The van der Waals surface area contributed by atoms with E-state index in [1.54, 1.807) is 7.11 Å². The van der Waals surface area contributed by atoms with Crippen molar-refractivity contribution in [1.29, 1.82) is 0 Å². The molecule has 0 spiro atoms. The van der Waals surface area contributed by atoms with E-state index in [-0.39, 0.29) is 0 Å². The molecule has 0 aliphatic carbocycles. The Morgan fingerprint density at radius 3 is 2.47 bits per heavy atom. The Balaban J connectivity index is 3.85. The van der Waals surface area contributed by atoms with Gasteiger partial charge in [0.05, 0.1) is 6.61 Å². The van der Waals surface area contributed by atoms with Gasteiger partial charge in [-0.05, 0) is 31.5 Å². The van der Waals surface area contributed by atoms with Crippen LogP contribution in [0.1, 0.15) is 27.2 Å². The van der Waals surface area contributed by atoms with Crippen LogP contribution in [0.3, 0.4) is 0 Å². The highest BCUT2D eigenvalue weighted by molar-refractivity contribution is 7.80. The number of nitrogens with one attached hydrogen (secondary N) is 1. The van der Waals surface area contributed by atoms with Crippen molar-refractivity contribution in [3.63, 3.8) is 0 Å². The largest absolute Gasteiger partial charge is 0.383 e. The number of rotatable bonds is 6. The summed E-state index contributed by atoms with van der Waals surface area (Å²) in [5, 5.41) is 3.98. The van der Waals surface area contributed by atoms with Crippen molar-refractivity contribution < 1.29 is 4.74 Å². The van der Waals surface area contributed by atoms with Crippen molar-refractivity contribution in [3.8, 4) is 0 Å². The molecule has 0 saturated heterocycles. The molecule has 1 unspecified atom stereocenters. The van der Waals surface area contributed by atoms with Gasteiger partial charge in [0.15, 0.2) is 5.11 Å². The number of methoxy groups -OCH3 is 1. The van der Waals surface area contributed by atoms with E-state index in [1.165, 1.54) is 0 Å². The van der Waals surface area contributed by atoms with Gasteiger partial charge < -0.3 is 15.0 Å². The Hall–Kier alpha value is -0.350. The second-order valence-electron chi connectivity index (χ2n) is 4.31. The molecule has 4 heteroatoms. The first-order valence-electron chi connectivity index (χ1n) is 5.48. The topological polar surface area (TPSA) is 24.5 Å². The highest BCUT2D eigenvalue weighted by Crippen LogP contribution is 2.09.